The van der Waals surface area contributed by atoms with Crippen molar-refractivity contribution < 1.29 is 9.90 Å². The van der Waals surface area contributed by atoms with Gasteiger partial charge >= 0.3 is 5.97 Å². The summed E-state index contributed by atoms with van der Waals surface area (Å²) in [6, 6.07) is 1.99. The summed E-state index contributed by atoms with van der Waals surface area (Å²) >= 11 is 0. The highest BCUT2D eigenvalue weighted by molar-refractivity contribution is 5.71. The monoisotopic (exact) mass is 334 g/mol. The van der Waals surface area contributed by atoms with Crippen molar-refractivity contribution in [1.29, 1.82) is 0 Å². The first-order valence-corrected chi connectivity index (χ1v) is 8.59. The van der Waals surface area contributed by atoms with Crippen LogP contribution in [0, 0.1) is 0 Å². The molecule has 3 rings (SSSR count). The molecule has 3 N–H and O–H groups in total. The Morgan fingerprint density at radius 1 is 1.25 bits per heavy atom. The molecule has 2 aliphatic rings. The number of carboxylic acid groups (broad SMARTS) is 1. The number of nitrogens with one attached hydrogen (secondary N) is 2. The van der Waals surface area contributed by atoms with Crippen LogP contribution in [0.4, 0.5) is 11.8 Å². The molecule has 1 saturated carbocycles. The van der Waals surface area contributed by atoms with Gasteiger partial charge in [0.2, 0.25) is 5.95 Å². The Morgan fingerprint density at radius 2 is 2.00 bits per heavy atom. The number of rotatable bonds is 8. The first-order chi connectivity index (χ1) is 11.6. The number of piperazine rings is 1. The Labute approximate surface area is 142 Å². The van der Waals surface area contributed by atoms with Gasteiger partial charge in [-0.2, -0.15) is 4.98 Å². The summed E-state index contributed by atoms with van der Waals surface area (Å²) in [4.78, 5) is 24.3. The number of hydrogen-bond donors (Lipinski definition) is 3. The lowest BCUT2D eigenvalue weighted by atomic mass is 10.3. The summed E-state index contributed by atoms with van der Waals surface area (Å²) in [6.07, 6.45) is 2.30. The van der Waals surface area contributed by atoms with Gasteiger partial charge in [-0.15, -0.1) is 0 Å². The minimum absolute atomic E-state index is 0.172. The summed E-state index contributed by atoms with van der Waals surface area (Å²) in [7, 11) is 2.15. The molecular formula is C16H26N6O2. The maximum atomic E-state index is 10.7. The lowest BCUT2D eigenvalue weighted by Crippen LogP contribution is -2.45. The van der Waals surface area contributed by atoms with E-state index in [1.807, 2.05) is 6.07 Å². The molecule has 0 spiro atoms. The van der Waals surface area contributed by atoms with Gasteiger partial charge in [-0.3, -0.25) is 9.69 Å². The number of nitrogens with zero attached hydrogens (tertiary/aromatic N) is 4. The number of likely N-dealkylation sites (N-methyl/N-ethyl adjacent to an activating group) is 1. The molecule has 1 aliphatic heterocycles. The molecule has 0 amide bonds. The Bertz CT molecular complexity index is 570. The van der Waals surface area contributed by atoms with Crippen LogP contribution < -0.4 is 10.6 Å². The average molecular weight is 334 g/mol. The summed E-state index contributed by atoms with van der Waals surface area (Å²) in [5.41, 5.74) is 1.000. The minimum atomic E-state index is -0.917. The van der Waals surface area contributed by atoms with E-state index in [2.05, 4.69) is 37.4 Å². The number of aliphatic carboxylic acids is 1. The van der Waals surface area contributed by atoms with Gasteiger partial charge in [0.25, 0.3) is 0 Å². The third-order valence-corrected chi connectivity index (χ3v) is 4.47. The second-order valence-corrected chi connectivity index (χ2v) is 6.59. The third kappa shape index (κ3) is 5.04. The molecule has 2 heterocycles. The molecule has 8 heteroatoms. The number of anilines is 2. The van der Waals surface area contributed by atoms with E-state index in [9.17, 15) is 4.79 Å². The molecular weight excluding hydrogens is 308 g/mol. The molecule has 8 nitrogen and oxygen atoms in total. The van der Waals surface area contributed by atoms with Crippen LogP contribution in [0.1, 0.15) is 24.5 Å². The van der Waals surface area contributed by atoms with Gasteiger partial charge in [-0.25, -0.2) is 4.98 Å². The van der Waals surface area contributed by atoms with Crippen molar-refractivity contribution >= 4 is 17.7 Å². The van der Waals surface area contributed by atoms with Crippen LogP contribution in [0.2, 0.25) is 0 Å². The van der Waals surface area contributed by atoms with E-state index in [4.69, 9.17) is 5.11 Å². The maximum Gasteiger partial charge on any atom is 0.322 e. The fourth-order valence-electron chi connectivity index (χ4n) is 2.79. The lowest BCUT2D eigenvalue weighted by molar-refractivity contribution is -0.134. The predicted octanol–water partition coefficient (Wildman–Crippen LogP) is 0.510. The average Bonchev–Trinajstić information content (AvgIpc) is 3.40. The molecule has 0 bridgehead atoms. The summed E-state index contributed by atoms with van der Waals surface area (Å²) in [5.74, 6) is 0.745. The highest BCUT2D eigenvalue weighted by Crippen LogP contribution is 2.39. The molecule has 0 unspecified atom stereocenters. The van der Waals surface area contributed by atoms with Gasteiger partial charge in [0.05, 0.1) is 5.69 Å². The number of hydrogen-bond acceptors (Lipinski definition) is 7. The van der Waals surface area contributed by atoms with Gasteiger partial charge in [-0.05, 0) is 19.9 Å². The zero-order valence-corrected chi connectivity index (χ0v) is 14.2. The minimum Gasteiger partial charge on any atom is -0.480 e. The largest absolute Gasteiger partial charge is 0.480 e. The second-order valence-electron chi connectivity index (χ2n) is 6.59. The summed E-state index contributed by atoms with van der Waals surface area (Å²) in [5, 5.41) is 14.9. The van der Waals surface area contributed by atoms with Crippen molar-refractivity contribution in [3.8, 4) is 0 Å². The van der Waals surface area contributed by atoms with Crippen molar-refractivity contribution in [1.82, 2.24) is 19.8 Å². The van der Waals surface area contributed by atoms with Gasteiger partial charge in [0.15, 0.2) is 0 Å². The molecule has 24 heavy (non-hydrogen) atoms. The molecule has 132 valence electrons. The van der Waals surface area contributed by atoms with E-state index in [0.717, 1.165) is 63.6 Å². The first kappa shape index (κ1) is 16.9. The first-order valence-electron chi connectivity index (χ1n) is 8.59. The number of carboxylic acids is 1. The topological polar surface area (TPSA) is 93.6 Å². The highest BCUT2D eigenvalue weighted by atomic mass is 16.4. The number of aromatic nitrogens is 2. The van der Waals surface area contributed by atoms with Gasteiger partial charge in [0.1, 0.15) is 12.4 Å². The Morgan fingerprint density at radius 3 is 2.67 bits per heavy atom. The number of carbonyl (C=O) groups is 1. The summed E-state index contributed by atoms with van der Waals surface area (Å²) in [6.45, 7) is 6.05. The fraction of sp³-hybridized carbons (Fsp3) is 0.688. The van der Waals surface area contributed by atoms with Gasteiger partial charge in [-0.1, -0.05) is 0 Å². The molecule has 1 saturated heterocycles. The standard InChI is InChI=1S/C16H26N6O2/c1-21-6-8-22(9-7-21)5-4-17-14-10-13(12-2-3-12)19-16(20-14)18-11-15(23)24/h10,12H,2-9,11H2,1H3,(H,23,24)(H2,17,18,19,20). The highest BCUT2D eigenvalue weighted by Gasteiger charge is 2.26. The maximum absolute atomic E-state index is 10.7. The van der Waals surface area contributed by atoms with Crippen molar-refractivity contribution in [2.24, 2.45) is 0 Å². The normalized spacial score (nSPS) is 19.2. The van der Waals surface area contributed by atoms with E-state index in [0.29, 0.717) is 11.9 Å². The van der Waals surface area contributed by atoms with Crippen molar-refractivity contribution in [3.05, 3.63) is 11.8 Å². The second kappa shape index (κ2) is 7.76. The van der Waals surface area contributed by atoms with Crippen molar-refractivity contribution in [2.45, 2.75) is 18.8 Å². The van der Waals surface area contributed by atoms with Crippen LogP contribution in [0.3, 0.4) is 0 Å². The van der Waals surface area contributed by atoms with Crippen LogP contribution in [0.15, 0.2) is 6.07 Å². The smallest absolute Gasteiger partial charge is 0.322 e. The molecule has 1 aromatic rings. The zero-order valence-electron chi connectivity index (χ0n) is 14.2. The van der Waals surface area contributed by atoms with Crippen LogP contribution in [0.5, 0.6) is 0 Å². The van der Waals surface area contributed by atoms with Crippen molar-refractivity contribution in [2.75, 3.05) is 63.5 Å². The molecule has 0 aromatic carbocycles. The molecule has 1 aromatic heterocycles. The molecule has 1 aliphatic carbocycles. The van der Waals surface area contributed by atoms with Crippen LogP contribution in [-0.2, 0) is 4.79 Å². The van der Waals surface area contributed by atoms with Crippen LogP contribution in [0.25, 0.3) is 0 Å². The van der Waals surface area contributed by atoms with Gasteiger partial charge in [0, 0.05) is 51.3 Å². The van der Waals surface area contributed by atoms with Crippen molar-refractivity contribution in [3.63, 3.8) is 0 Å². The zero-order chi connectivity index (χ0) is 16.9. The Kier molecular flexibility index (Phi) is 5.47. The Hall–Kier alpha value is -1.93. The molecule has 0 atom stereocenters. The SMILES string of the molecule is CN1CCN(CCNc2cc(C3CC3)nc(NCC(=O)O)n2)CC1. The van der Waals surface area contributed by atoms with Crippen LogP contribution >= 0.6 is 0 Å². The van der Waals surface area contributed by atoms with Gasteiger partial charge < -0.3 is 20.6 Å². The van der Waals surface area contributed by atoms with E-state index < -0.39 is 5.97 Å². The Balaban J connectivity index is 1.54. The molecule has 0 radical (unpaired) electrons. The lowest BCUT2D eigenvalue weighted by Gasteiger charge is -2.32. The quantitative estimate of drug-likeness (QED) is 0.633. The van der Waals surface area contributed by atoms with Crippen LogP contribution in [-0.4, -0.2) is 83.7 Å². The van der Waals surface area contributed by atoms with E-state index in [1.165, 1.54) is 0 Å². The molecule has 2 fully saturated rings. The van der Waals surface area contributed by atoms with E-state index in [-0.39, 0.29) is 6.54 Å². The van der Waals surface area contributed by atoms with E-state index >= 15 is 0 Å². The predicted molar refractivity (Wildman–Crippen MR) is 92.6 cm³/mol. The summed E-state index contributed by atoms with van der Waals surface area (Å²) < 4.78 is 0. The third-order valence-electron chi connectivity index (χ3n) is 4.47. The fourth-order valence-corrected chi connectivity index (χ4v) is 2.79. The van der Waals surface area contributed by atoms with E-state index in [1.54, 1.807) is 0 Å².